The van der Waals surface area contributed by atoms with Gasteiger partial charge in [-0.15, -0.1) is 22.7 Å². The molecule has 10 heteroatoms. The molecule has 0 saturated heterocycles. The van der Waals surface area contributed by atoms with Gasteiger partial charge in [0.1, 0.15) is 24.6 Å². The van der Waals surface area contributed by atoms with E-state index < -0.39 is 5.91 Å². The largest absolute Gasteiger partial charge is 0.486 e. The Morgan fingerprint density at radius 1 is 1.26 bits per heavy atom. The Bertz CT molecular complexity index is 1370. The number of hydrogen-bond donors (Lipinski definition) is 1. The Hall–Kier alpha value is -2.88. The fraction of sp³-hybridized carbons (Fsp3) is 0.190. The van der Waals surface area contributed by atoms with E-state index in [2.05, 4.69) is 10.3 Å². The zero-order valence-corrected chi connectivity index (χ0v) is 18.7. The molecule has 1 aliphatic rings. The van der Waals surface area contributed by atoms with Gasteiger partial charge in [-0.05, 0) is 19.1 Å². The van der Waals surface area contributed by atoms with Crippen LogP contribution in [-0.2, 0) is 11.3 Å². The number of rotatable bonds is 4. The van der Waals surface area contributed by atoms with E-state index in [0.29, 0.717) is 45.6 Å². The monoisotopic (exact) mass is 473 g/mol. The van der Waals surface area contributed by atoms with Crippen LogP contribution in [-0.4, -0.2) is 28.7 Å². The summed E-state index contributed by atoms with van der Waals surface area (Å²) in [5, 5.41) is 5.53. The van der Waals surface area contributed by atoms with Crippen LogP contribution in [0.1, 0.15) is 4.88 Å². The van der Waals surface area contributed by atoms with Crippen molar-refractivity contribution >= 4 is 56.1 Å². The maximum atomic E-state index is 13.1. The molecule has 4 heterocycles. The molecule has 0 atom stereocenters. The van der Waals surface area contributed by atoms with Crippen LogP contribution >= 0.6 is 34.3 Å². The van der Waals surface area contributed by atoms with E-state index in [1.54, 1.807) is 23.5 Å². The third-order valence-electron chi connectivity index (χ3n) is 4.79. The van der Waals surface area contributed by atoms with E-state index in [0.717, 1.165) is 15.3 Å². The molecule has 0 saturated carbocycles. The van der Waals surface area contributed by atoms with Gasteiger partial charge < -0.3 is 14.8 Å². The number of thiophene rings is 2. The first-order valence-corrected chi connectivity index (χ1v) is 11.5. The predicted molar refractivity (Wildman–Crippen MR) is 123 cm³/mol. The molecule has 158 valence electrons. The average Bonchev–Trinajstić information content (AvgIpc) is 3.37. The molecule has 1 N–H and O–H groups in total. The van der Waals surface area contributed by atoms with Crippen molar-refractivity contribution in [2.24, 2.45) is 0 Å². The van der Waals surface area contributed by atoms with E-state index in [-0.39, 0.29) is 12.1 Å². The minimum Gasteiger partial charge on any atom is -0.486 e. The molecule has 5 rings (SSSR count). The summed E-state index contributed by atoms with van der Waals surface area (Å²) in [7, 11) is 0. The molecule has 0 radical (unpaired) electrons. The van der Waals surface area contributed by atoms with Gasteiger partial charge in [0.2, 0.25) is 5.91 Å². The van der Waals surface area contributed by atoms with E-state index in [1.165, 1.54) is 22.2 Å². The summed E-state index contributed by atoms with van der Waals surface area (Å²) < 4.78 is 12.3. The maximum Gasteiger partial charge on any atom is 0.263 e. The SMILES string of the molecule is Cc1ccc(-c2csc3ncn(CC(=O)Nc4cc5c(cc4Cl)OCCO5)c(=O)c23)s1. The normalized spacial score (nSPS) is 12.8. The number of nitrogens with zero attached hydrogens (tertiary/aromatic N) is 2. The van der Waals surface area contributed by atoms with Gasteiger partial charge in [-0.2, -0.15) is 0 Å². The summed E-state index contributed by atoms with van der Waals surface area (Å²) in [6.07, 6.45) is 1.40. The maximum absolute atomic E-state index is 13.1. The number of hydrogen-bond acceptors (Lipinski definition) is 7. The van der Waals surface area contributed by atoms with E-state index in [1.807, 2.05) is 24.4 Å². The standard InChI is InChI=1S/C21H16ClN3O4S2/c1-11-2-3-17(31-11)12-9-30-20-19(12)21(27)25(10-23-20)8-18(26)24-14-7-16-15(6-13(14)22)28-4-5-29-16/h2-3,6-7,9-10H,4-5,8H2,1H3,(H,24,26). The van der Waals surface area contributed by atoms with Crippen LogP contribution in [0.15, 0.2) is 40.8 Å². The fourth-order valence-corrected chi connectivity index (χ4v) is 5.41. The number of aryl methyl sites for hydroxylation is 1. The summed E-state index contributed by atoms with van der Waals surface area (Å²) in [6, 6.07) is 7.24. The Labute approximate surface area is 189 Å². The number of fused-ring (bicyclic) bond motifs is 2. The Kier molecular flexibility index (Phi) is 5.17. The summed E-state index contributed by atoms with van der Waals surface area (Å²) in [4.78, 5) is 33.0. The van der Waals surface area contributed by atoms with Crippen LogP contribution in [0.3, 0.4) is 0 Å². The highest BCUT2D eigenvalue weighted by molar-refractivity contribution is 7.19. The molecule has 1 aromatic carbocycles. The zero-order valence-electron chi connectivity index (χ0n) is 16.3. The van der Waals surface area contributed by atoms with Gasteiger partial charge in [0, 0.05) is 32.8 Å². The molecule has 0 unspecified atom stereocenters. The number of carbonyl (C=O) groups excluding carboxylic acids is 1. The van der Waals surface area contributed by atoms with E-state index in [9.17, 15) is 9.59 Å². The van der Waals surface area contributed by atoms with E-state index in [4.69, 9.17) is 21.1 Å². The van der Waals surface area contributed by atoms with Crippen molar-refractivity contribution in [3.63, 3.8) is 0 Å². The van der Waals surface area contributed by atoms with Gasteiger partial charge in [-0.25, -0.2) is 4.98 Å². The van der Waals surface area contributed by atoms with Crippen molar-refractivity contribution in [3.05, 3.63) is 56.2 Å². The minimum absolute atomic E-state index is 0.189. The molecule has 4 aromatic rings. The first kappa shape index (κ1) is 20.0. The lowest BCUT2D eigenvalue weighted by Gasteiger charge is -2.20. The molecule has 31 heavy (non-hydrogen) atoms. The summed E-state index contributed by atoms with van der Waals surface area (Å²) in [5.41, 5.74) is 0.985. The quantitative estimate of drug-likeness (QED) is 0.470. The second-order valence-corrected chi connectivity index (χ2v) is 9.49. The lowest BCUT2D eigenvalue weighted by molar-refractivity contribution is -0.116. The number of halogens is 1. The molecule has 0 aliphatic carbocycles. The molecule has 1 aliphatic heterocycles. The molecular weight excluding hydrogens is 458 g/mol. The van der Waals surface area contributed by atoms with Crippen LogP contribution < -0.4 is 20.3 Å². The summed E-state index contributed by atoms with van der Waals surface area (Å²) in [5.74, 6) is 0.653. The predicted octanol–water partition coefficient (Wildman–Crippen LogP) is 4.56. The van der Waals surface area contributed by atoms with Gasteiger partial charge in [-0.1, -0.05) is 11.6 Å². The highest BCUT2D eigenvalue weighted by Gasteiger charge is 2.18. The van der Waals surface area contributed by atoms with Crippen molar-refractivity contribution in [2.45, 2.75) is 13.5 Å². The Morgan fingerprint density at radius 2 is 2.03 bits per heavy atom. The highest BCUT2D eigenvalue weighted by atomic mass is 35.5. The van der Waals surface area contributed by atoms with Crippen molar-refractivity contribution in [1.29, 1.82) is 0 Å². The topological polar surface area (TPSA) is 82.5 Å². The van der Waals surface area contributed by atoms with Crippen LogP contribution in [0.4, 0.5) is 5.69 Å². The third kappa shape index (κ3) is 3.80. The van der Waals surface area contributed by atoms with Gasteiger partial charge in [0.25, 0.3) is 5.56 Å². The highest BCUT2D eigenvalue weighted by Crippen LogP contribution is 2.38. The number of anilines is 1. The summed E-state index contributed by atoms with van der Waals surface area (Å²) in [6.45, 7) is 2.71. The number of ether oxygens (including phenoxy) is 2. The molecule has 3 aromatic heterocycles. The van der Waals surface area contributed by atoms with E-state index >= 15 is 0 Å². The minimum atomic E-state index is -0.398. The molecule has 1 amide bonds. The smallest absolute Gasteiger partial charge is 0.263 e. The Morgan fingerprint density at radius 3 is 2.77 bits per heavy atom. The number of amides is 1. The number of nitrogens with one attached hydrogen (secondary N) is 1. The second-order valence-electron chi connectivity index (χ2n) is 6.94. The zero-order chi connectivity index (χ0) is 21.5. The van der Waals surface area contributed by atoms with Gasteiger partial charge in [-0.3, -0.25) is 14.2 Å². The second kappa shape index (κ2) is 7.99. The van der Waals surface area contributed by atoms with Gasteiger partial charge >= 0.3 is 0 Å². The van der Waals surface area contributed by atoms with Gasteiger partial charge in [0.05, 0.1) is 22.4 Å². The lowest BCUT2D eigenvalue weighted by Crippen LogP contribution is -2.28. The molecule has 0 spiro atoms. The average molecular weight is 474 g/mol. The number of carbonyl (C=O) groups is 1. The van der Waals surface area contributed by atoms with Crippen LogP contribution in [0, 0.1) is 6.92 Å². The number of aromatic nitrogens is 2. The number of benzene rings is 1. The fourth-order valence-electron chi connectivity index (χ4n) is 3.35. The molecule has 0 bridgehead atoms. The van der Waals surface area contributed by atoms with Crippen LogP contribution in [0.5, 0.6) is 11.5 Å². The lowest BCUT2D eigenvalue weighted by atomic mass is 10.2. The van der Waals surface area contributed by atoms with Crippen LogP contribution in [0.25, 0.3) is 20.7 Å². The van der Waals surface area contributed by atoms with Crippen molar-refractivity contribution < 1.29 is 14.3 Å². The first-order valence-electron chi connectivity index (χ1n) is 9.42. The van der Waals surface area contributed by atoms with Crippen molar-refractivity contribution in [3.8, 4) is 21.9 Å². The molecule has 0 fully saturated rings. The van der Waals surface area contributed by atoms with Crippen molar-refractivity contribution in [1.82, 2.24) is 9.55 Å². The molecule has 7 nitrogen and oxygen atoms in total. The van der Waals surface area contributed by atoms with Gasteiger partial charge in [0.15, 0.2) is 11.5 Å². The van der Waals surface area contributed by atoms with Crippen molar-refractivity contribution in [2.75, 3.05) is 18.5 Å². The third-order valence-corrected chi connectivity index (χ3v) is 7.02. The summed E-state index contributed by atoms with van der Waals surface area (Å²) >= 11 is 9.30. The van der Waals surface area contributed by atoms with Crippen LogP contribution in [0.2, 0.25) is 5.02 Å². The molecular formula is C21H16ClN3O4S2. The Balaban J connectivity index is 1.42. The first-order chi connectivity index (χ1) is 15.0.